The molecule has 0 bridgehead atoms. The van der Waals surface area contributed by atoms with Gasteiger partial charge in [-0.1, -0.05) is 17.7 Å². The Morgan fingerprint density at radius 2 is 1.95 bits per heavy atom. The molecule has 0 aliphatic rings. The summed E-state index contributed by atoms with van der Waals surface area (Å²) in [6.45, 7) is 3.77. The molecule has 0 aliphatic carbocycles. The zero-order valence-electron chi connectivity index (χ0n) is 10.7. The lowest BCUT2D eigenvalue weighted by Gasteiger charge is -2.06. The summed E-state index contributed by atoms with van der Waals surface area (Å²) < 4.78 is 15.5. The maximum atomic E-state index is 13.6. The van der Waals surface area contributed by atoms with Gasteiger partial charge in [-0.2, -0.15) is 9.61 Å². The first kappa shape index (κ1) is 13.5. The van der Waals surface area contributed by atoms with E-state index in [0.29, 0.717) is 26.7 Å². The van der Waals surface area contributed by atoms with E-state index in [1.165, 1.54) is 10.6 Å². The van der Waals surface area contributed by atoms with E-state index in [1.807, 2.05) is 13.8 Å². The fourth-order valence-electron chi connectivity index (χ4n) is 1.94. The number of hydrogen-bond donors (Lipinski definition) is 0. The van der Waals surface area contributed by atoms with Gasteiger partial charge in [-0.3, -0.25) is 0 Å². The Balaban J connectivity index is 2.36. The van der Waals surface area contributed by atoms with E-state index in [0.717, 1.165) is 11.1 Å². The van der Waals surface area contributed by atoms with Crippen molar-refractivity contribution < 1.29 is 4.39 Å². The third kappa shape index (κ3) is 1.91. The average Bonchev–Trinajstić information content (AvgIpc) is 2.83. The number of halogens is 3. The molecule has 2 aromatic heterocycles. The lowest BCUT2D eigenvalue weighted by Crippen LogP contribution is -2.00. The van der Waals surface area contributed by atoms with Gasteiger partial charge in [0.05, 0.1) is 4.47 Å². The molecule has 0 radical (unpaired) electrons. The van der Waals surface area contributed by atoms with Gasteiger partial charge in [0.1, 0.15) is 5.82 Å². The highest BCUT2D eigenvalue weighted by molar-refractivity contribution is 9.10. The van der Waals surface area contributed by atoms with Crippen LogP contribution in [0.4, 0.5) is 4.39 Å². The van der Waals surface area contributed by atoms with Crippen LogP contribution in [-0.2, 0) is 0 Å². The molecule has 3 rings (SSSR count). The first-order valence-corrected chi connectivity index (χ1v) is 7.00. The fourth-order valence-corrected chi connectivity index (χ4v) is 2.60. The van der Waals surface area contributed by atoms with E-state index in [4.69, 9.17) is 11.6 Å². The third-order valence-electron chi connectivity index (χ3n) is 3.23. The summed E-state index contributed by atoms with van der Waals surface area (Å²) in [5.74, 6) is 0.0746. The number of fused-ring (bicyclic) bond motifs is 1. The van der Waals surface area contributed by atoms with Crippen LogP contribution in [0.25, 0.3) is 17.0 Å². The van der Waals surface area contributed by atoms with Crippen LogP contribution in [0.2, 0.25) is 5.15 Å². The Hall–Kier alpha value is -1.53. The summed E-state index contributed by atoms with van der Waals surface area (Å²) in [6, 6.07) is 4.72. The van der Waals surface area contributed by atoms with Crippen LogP contribution in [0, 0.1) is 19.7 Å². The number of hydrogen-bond acceptors (Lipinski definition) is 3. The van der Waals surface area contributed by atoms with Gasteiger partial charge in [0.15, 0.2) is 16.6 Å². The minimum Gasteiger partial charge on any atom is -0.206 e. The van der Waals surface area contributed by atoms with Crippen molar-refractivity contribution in [2.45, 2.75) is 13.8 Å². The molecule has 0 fully saturated rings. The predicted molar refractivity (Wildman–Crippen MR) is 78.4 cm³/mol. The highest BCUT2D eigenvalue weighted by Gasteiger charge is 2.17. The molecule has 102 valence electrons. The van der Waals surface area contributed by atoms with Crippen molar-refractivity contribution in [1.82, 2.24) is 19.8 Å². The Morgan fingerprint density at radius 3 is 2.70 bits per heavy atom. The van der Waals surface area contributed by atoms with Crippen LogP contribution in [0.3, 0.4) is 0 Å². The average molecular weight is 356 g/mol. The van der Waals surface area contributed by atoms with E-state index >= 15 is 0 Å². The number of nitrogens with zero attached hydrogens (tertiary/aromatic N) is 4. The number of aromatic nitrogens is 4. The second kappa shape index (κ2) is 4.79. The minimum atomic E-state index is -0.366. The normalized spacial score (nSPS) is 11.2. The molecule has 1 aromatic carbocycles. The minimum absolute atomic E-state index is 0.324. The largest absolute Gasteiger partial charge is 0.206 e. The van der Waals surface area contributed by atoms with Crippen LogP contribution in [-0.4, -0.2) is 19.8 Å². The molecule has 2 heterocycles. The third-order valence-corrected chi connectivity index (χ3v) is 4.39. The van der Waals surface area contributed by atoms with Crippen molar-refractivity contribution in [1.29, 1.82) is 0 Å². The van der Waals surface area contributed by atoms with Crippen molar-refractivity contribution >= 4 is 33.2 Å². The Bertz CT molecular complexity index is 831. The van der Waals surface area contributed by atoms with Gasteiger partial charge in [0, 0.05) is 11.1 Å². The summed E-state index contributed by atoms with van der Waals surface area (Å²) in [4.78, 5) is 0. The molecule has 0 unspecified atom stereocenters. The number of aryl methyl sites for hydroxylation is 1. The van der Waals surface area contributed by atoms with Crippen LogP contribution in [0.5, 0.6) is 0 Å². The molecule has 0 amide bonds. The first-order chi connectivity index (χ1) is 9.50. The summed E-state index contributed by atoms with van der Waals surface area (Å²) in [6.07, 6.45) is 0. The van der Waals surface area contributed by atoms with E-state index in [9.17, 15) is 4.39 Å². The summed E-state index contributed by atoms with van der Waals surface area (Å²) >= 11 is 9.33. The van der Waals surface area contributed by atoms with Crippen molar-refractivity contribution in [3.05, 3.63) is 44.8 Å². The quantitative estimate of drug-likeness (QED) is 0.663. The molecule has 0 aliphatic heterocycles. The smallest absolute Gasteiger partial charge is 0.186 e. The summed E-state index contributed by atoms with van der Waals surface area (Å²) in [7, 11) is 0. The van der Waals surface area contributed by atoms with Gasteiger partial charge in [-0.15, -0.1) is 10.2 Å². The standard InChI is InChI=1S/C13H9BrClFN4/c1-6-7(2)12-17-18-13(20(12)19-11(6)15)8-4-3-5-9(16)10(8)14/h3-5H,1-2H3. The van der Waals surface area contributed by atoms with E-state index < -0.39 is 0 Å². The second-order valence-electron chi connectivity index (χ2n) is 4.40. The van der Waals surface area contributed by atoms with Gasteiger partial charge in [0.25, 0.3) is 0 Å². The zero-order valence-corrected chi connectivity index (χ0v) is 13.0. The zero-order chi connectivity index (χ0) is 14.4. The molecule has 4 nitrogen and oxygen atoms in total. The molecule has 20 heavy (non-hydrogen) atoms. The topological polar surface area (TPSA) is 43.1 Å². The Kier molecular flexibility index (Phi) is 3.22. The van der Waals surface area contributed by atoms with Crippen LogP contribution in [0.1, 0.15) is 11.1 Å². The molecule has 0 saturated heterocycles. The molecule has 0 N–H and O–H groups in total. The van der Waals surface area contributed by atoms with E-state index in [-0.39, 0.29) is 5.82 Å². The van der Waals surface area contributed by atoms with Crippen molar-refractivity contribution in [2.75, 3.05) is 0 Å². The monoisotopic (exact) mass is 354 g/mol. The summed E-state index contributed by atoms with van der Waals surface area (Å²) in [5, 5.41) is 12.9. The molecule has 0 spiro atoms. The van der Waals surface area contributed by atoms with Crippen LogP contribution in [0.15, 0.2) is 22.7 Å². The van der Waals surface area contributed by atoms with Gasteiger partial charge in [-0.25, -0.2) is 4.39 Å². The highest BCUT2D eigenvalue weighted by atomic mass is 79.9. The molecular weight excluding hydrogens is 347 g/mol. The van der Waals surface area contributed by atoms with Gasteiger partial charge < -0.3 is 0 Å². The Morgan fingerprint density at radius 1 is 1.20 bits per heavy atom. The van der Waals surface area contributed by atoms with Crippen molar-refractivity contribution in [3.8, 4) is 11.4 Å². The summed E-state index contributed by atoms with van der Waals surface area (Å²) in [5.41, 5.74) is 2.94. The molecule has 0 atom stereocenters. The molecular formula is C13H9BrClFN4. The lowest BCUT2D eigenvalue weighted by atomic mass is 10.2. The predicted octanol–water partition coefficient (Wildman–Crippen LogP) is 3.96. The SMILES string of the molecule is Cc1c(Cl)nn2c(-c3cccc(F)c3Br)nnc2c1C. The van der Waals surface area contributed by atoms with E-state index in [2.05, 4.69) is 31.2 Å². The van der Waals surface area contributed by atoms with Crippen molar-refractivity contribution in [3.63, 3.8) is 0 Å². The number of rotatable bonds is 1. The first-order valence-electron chi connectivity index (χ1n) is 5.83. The van der Waals surface area contributed by atoms with Crippen LogP contribution >= 0.6 is 27.5 Å². The lowest BCUT2D eigenvalue weighted by molar-refractivity contribution is 0.621. The van der Waals surface area contributed by atoms with Gasteiger partial charge in [0.2, 0.25) is 0 Å². The van der Waals surface area contributed by atoms with Gasteiger partial charge in [-0.05, 0) is 47.5 Å². The number of benzene rings is 1. The van der Waals surface area contributed by atoms with Crippen LogP contribution < -0.4 is 0 Å². The van der Waals surface area contributed by atoms with E-state index in [1.54, 1.807) is 12.1 Å². The maximum absolute atomic E-state index is 13.6. The fraction of sp³-hybridized carbons (Fsp3) is 0.154. The molecule has 3 aromatic rings. The highest BCUT2D eigenvalue weighted by Crippen LogP contribution is 2.30. The maximum Gasteiger partial charge on any atom is 0.186 e. The van der Waals surface area contributed by atoms with Gasteiger partial charge >= 0.3 is 0 Å². The molecule has 0 saturated carbocycles. The van der Waals surface area contributed by atoms with Crippen molar-refractivity contribution in [2.24, 2.45) is 0 Å². The Labute approximate surface area is 127 Å². The molecule has 7 heteroatoms. The second-order valence-corrected chi connectivity index (χ2v) is 5.55.